The summed E-state index contributed by atoms with van der Waals surface area (Å²) in [6.07, 6.45) is 0. The summed E-state index contributed by atoms with van der Waals surface area (Å²) in [5.41, 5.74) is 3.62. The standard InChI is InChI=1S/C13H13Br2NO/c1-8-5-10(14)6-9(2)13(8)16-7-11-3-4-12(15)17-11/h3-6,16H,7H2,1-2H3. The molecular formula is C13H13Br2NO. The van der Waals surface area contributed by atoms with E-state index in [0.29, 0.717) is 6.54 Å². The summed E-state index contributed by atoms with van der Waals surface area (Å²) in [5.74, 6) is 0.915. The topological polar surface area (TPSA) is 25.2 Å². The number of benzene rings is 1. The first kappa shape index (κ1) is 12.7. The third kappa shape index (κ3) is 3.13. The molecule has 0 amide bonds. The predicted molar refractivity (Wildman–Crippen MR) is 77.4 cm³/mol. The lowest BCUT2D eigenvalue weighted by molar-refractivity contribution is 0.495. The summed E-state index contributed by atoms with van der Waals surface area (Å²) in [5, 5.41) is 3.40. The van der Waals surface area contributed by atoms with E-state index < -0.39 is 0 Å². The van der Waals surface area contributed by atoms with Gasteiger partial charge in [-0.1, -0.05) is 15.9 Å². The molecule has 0 saturated heterocycles. The van der Waals surface area contributed by atoms with Gasteiger partial charge in [0.05, 0.1) is 6.54 Å². The lowest BCUT2D eigenvalue weighted by atomic mass is 10.1. The molecule has 90 valence electrons. The van der Waals surface area contributed by atoms with Gasteiger partial charge in [-0.3, -0.25) is 0 Å². The maximum Gasteiger partial charge on any atom is 0.169 e. The van der Waals surface area contributed by atoms with Crippen molar-refractivity contribution in [1.82, 2.24) is 0 Å². The molecule has 1 aromatic carbocycles. The van der Waals surface area contributed by atoms with Crippen LogP contribution >= 0.6 is 31.9 Å². The molecule has 2 aromatic rings. The molecule has 1 heterocycles. The molecule has 2 nitrogen and oxygen atoms in total. The predicted octanol–water partition coefficient (Wildman–Crippen LogP) is 5.03. The van der Waals surface area contributed by atoms with Crippen LogP contribution in [0.15, 0.2) is 37.8 Å². The quantitative estimate of drug-likeness (QED) is 0.831. The van der Waals surface area contributed by atoms with Crippen LogP contribution in [0.5, 0.6) is 0 Å². The highest BCUT2D eigenvalue weighted by atomic mass is 79.9. The van der Waals surface area contributed by atoms with Gasteiger partial charge in [0.15, 0.2) is 4.67 Å². The highest BCUT2D eigenvalue weighted by molar-refractivity contribution is 9.10. The molecule has 0 saturated carbocycles. The van der Waals surface area contributed by atoms with Crippen LogP contribution in [0.25, 0.3) is 0 Å². The number of nitrogens with one attached hydrogen (secondary N) is 1. The van der Waals surface area contributed by atoms with Crippen LogP contribution in [0.2, 0.25) is 0 Å². The van der Waals surface area contributed by atoms with E-state index in [-0.39, 0.29) is 0 Å². The Morgan fingerprint density at radius 1 is 1.12 bits per heavy atom. The number of hydrogen-bond donors (Lipinski definition) is 1. The van der Waals surface area contributed by atoms with E-state index in [2.05, 4.69) is 63.2 Å². The molecule has 1 aromatic heterocycles. The third-order valence-electron chi connectivity index (χ3n) is 2.57. The minimum atomic E-state index is 0.689. The minimum absolute atomic E-state index is 0.689. The van der Waals surface area contributed by atoms with Crippen molar-refractivity contribution >= 4 is 37.5 Å². The van der Waals surface area contributed by atoms with Gasteiger partial charge < -0.3 is 9.73 Å². The Bertz CT molecular complexity index is 511. The van der Waals surface area contributed by atoms with E-state index in [1.54, 1.807) is 0 Å². The van der Waals surface area contributed by atoms with Crippen LogP contribution < -0.4 is 5.32 Å². The van der Waals surface area contributed by atoms with Gasteiger partial charge in [-0.15, -0.1) is 0 Å². The summed E-state index contributed by atoms with van der Waals surface area (Å²) in [7, 11) is 0. The van der Waals surface area contributed by atoms with Crippen LogP contribution in [0.3, 0.4) is 0 Å². The molecule has 1 N–H and O–H groups in total. The summed E-state index contributed by atoms with van der Waals surface area (Å²) < 4.78 is 7.33. The first-order chi connectivity index (χ1) is 8.06. The van der Waals surface area contributed by atoms with Crippen LogP contribution in [-0.2, 0) is 6.54 Å². The maximum atomic E-state index is 5.45. The average Bonchev–Trinajstić information content (AvgIpc) is 2.62. The van der Waals surface area contributed by atoms with Crippen molar-refractivity contribution in [1.29, 1.82) is 0 Å². The Hall–Kier alpha value is -0.740. The van der Waals surface area contributed by atoms with Gasteiger partial charge in [0, 0.05) is 10.2 Å². The second kappa shape index (κ2) is 5.27. The number of aryl methyl sites for hydroxylation is 2. The Labute approximate surface area is 118 Å². The zero-order valence-electron chi connectivity index (χ0n) is 9.68. The molecule has 0 atom stereocenters. The summed E-state index contributed by atoms with van der Waals surface area (Å²) in [6, 6.07) is 8.07. The fourth-order valence-corrected chi connectivity index (χ4v) is 2.84. The fourth-order valence-electron chi connectivity index (χ4n) is 1.81. The fraction of sp³-hybridized carbons (Fsp3) is 0.231. The van der Waals surface area contributed by atoms with E-state index in [9.17, 15) is 0 Å². The molecule has 0 spiro atoms. The molecular weight excluding hydrogens is 346 g/mol. The van der Waals surface area contributed by atoms with Crippen molar-refractivity contribution in [2.24, 2.45) is 0 Å². The molecule has 17 heavy (non-hydrogen) atoms. The SMILES string of the molecule is Cc1cc(Br)cc(C)c1NCc1ccc(Br)o1. The number of rotatable bonds is 3. The van der Waals surface area contributed by atoms with Gasteiger partial charge >= 0.3 is 0 Å². The van der Waals surface area contributed by atoms with E-state index in [0.717, 1.165) is 14.9 Å². The normalized spacial score (nSPS) is 10.6. The molecule has 0 aliphatic rings. The molecule has 0 bridgehead atoms. The van der Waals surface area contributed by atoms with Gasteiger partial charge in [0.1, 0.15) is 5.76 Å². The van der Waals surface area contributed by atoms with Gasteiger partial charge in [-0.2, -0.15) is 0 Å². The summed E-state index contributed by atoms with van der Waals surface area (Å²) in [6.45, 7) is 4.88. The molecule has 4 heteroatoms. The van der Waals surface area contributed by atoms with Crippen molar-refractivity contribution < 1.29 is 4.42 Å². The lowest BCUT2D eigenvalue weighted by Crippen LogP contribution is -2.02. The van der Waals surface area contributed by atoms with E-state index in [1.807, 2.05) is 12.1 Å². The molecule has 0 radical (unpaired) electrons. The van der Waals surface area contributed by atoms with Crippen LogP contribution in [-0.4, -0.2) is 0 Å². The van der Waals surface area contributed by atoms with Crippen molar-refractivity contribution in [2.45, 2.75) is 20.4 Å². The monoisotopic (exact) mass is 357 g/mol. The lowest BCUT2D eigenvalue weighted by Gasteiger charge is -2.12. The van der Waals surface area contributed by atoms with Crippen molar-refractivity contribution in [3.8, 4) is 0 Å². The zero-order valence-corrected chi connectivity index (χ0v) is 12.9. The summed E-state index contributed by atoms with van der Waals surface area (Å²) in [4.78, 5) is 0. The average molecular weight is 359 g/mol. The van der Waals surface area contributed by atoms with Crippen molar-refractivity contribution in [3.63, 3.8) is 0 Å². The molecule has 0 aliphatic carbocycles. The first-order valence-corrected chi connectivity index (χ1v) is 6.89. The molecule has 0 fully saturated rings. The number of furan rings is 1. The smallest absolute Gasteiger partial charge is 0.169 e. The van der Waals surface area contributed by atoms with E-state index in [4.69, 9.17) is 4.42 Å². The summed E-state index contributed by atoms with van der Waals surface area (Å²) >= 11 is 6.79. The van der Waals surface area contributed by atoms with Gasteiger partial charge in [0.2, 0.25) is 0 Å². The van der Waals surface area contributed by atoms with Crippen LogP contribution in [0, 0.1) is 13.8 Å². The van der Waals surface area contributed by atoms with Crippen molar-refractivity contribution in [2.75, 3.05) is 5.32 Å². The second-order valence-electron chi connectivity index (χ2n) is 3.97. The Balaban J connectivity index is 2.14. The molecule has 0 aliphatic heterocycles. The molecule has 2 rings (SSSR count). The Kier molecular flexibility index (Phi) is 3.94. The maximum absolute atomic E-state index is 5.45. The van der Waals surface area contributed by atoms with Gasteiger partial charge in [0.25, 0.3) is 0 Å². The highest BCUT2D eigenvalue weighted by Gasteiger charge is 2.05. The van der Waals surface area contributed by atoms with E-state index in [1.165, 1.54) is 16.8 Å². The number of anilines is 1. The largest absolute Gasteiger partial charge is 0.452 e. The van der Waals surface area contributed by atoms with Crippen molar-refractivity contribution in [3.05, 3.63) is 50.3 Å². The number of halogens is 2. The Morgan fingerprint density at radius 2 is 1.76 bits per heavy atom. The van der Waals surface area contributed by atoms with Gasteiger partial charge in [-0.05, 0) is 65.2 Å². The highest BCUT2D eigenvalue weighted by Crippen LogP contribution is 2.26. The Morgan fingerprint density at radius 3 is 2.29 bits per heavy atom. The number of hydrogen-bond acceptors (Lipinski definition) is 2. The van der Waals surface area contributed by atoms with E-state index >= 15 is 0 Å². The molecule has 0 unspecified atom stereocenters. The zero-order chi connectivity index (χ0) is 12.4. The second-order valence-corrected chi connectivity index (χ2v) is 5.67. The first-order valence-electron chi connectivity index (χ1n) is 5.31. The minimum Gasteiger partial charge on any atom is -0.452 e. The van der Waals surface area contributed by atoms with Gasteiger partial charge in [-0.25, -0.2) is 0 Å². The third-order valence-corrected chi connectivity index (χ3v) is 3.45. The van der Waals surface area contributed by atoms with Crippen LogP contribution in [0.4, 0.5) is 5.69 Å². The van der Waals surface area contributed by atoms with Crippen LogP contribution in [0.1, 0.15) is 16.9 Å².